The zero-order valence-electron chi connectivity index (χ0n) is 23.9. The number of likely N-dealkylation sites (tertiary alicyclic amines) is 1. The maximum absolute atomic E-state index is 15.0. The third-order valence-corrected chi connectivity index (χ3v) is 11.4. The monoisotopic (exact) mass is 584 g/mol. The van der Waals surface area contributed by atoms with Gasteiger partial charge in [-0.05, 0) is 47.7 Å². The lowest BCUT2D eigenvalue weighted by Gasteiger charge is -2.42. The van der Waals surface area contributed by atoms with Crippen LogP contribution in [-0.2, 0) is 19.1 Å². The molecule has 0 aromatic heterocycles. The highest BCUT2D eigenvalue weighted by molar-refractivity contribution is 8.02. The van der Waals surface area contributed by atoms with E-state index in [2.05, 4.69) is 13.5 Å². The Kier molecular flexibility index (Phi) is 7.62. The molecular formula is C34H36N2O5S. The average Bonchev–Trinajstić information content (AvgIpc) is 3.60. The van der Waals surface area contributed by atoms with Gasteiger partial charge >= 0.3 is 5.97 Å². The number of aliphatic hydroxyl groups is 1. The number of carbonyl (C=O) groups is 3. The smallest absolute Gasteiger partial charge is 0.310 e. The van der Waals surface area contributed by atoms with Crippen LogP contribution >= 0.6 is 11.8 Å². The number of ether oxygens (including phenoxy) is 1. The number of benzene rings is 3. The maximum atomic E-state index is 15.0. The van der Waals surface area contributed by atoms with Gasteiger partial charge < -0.3 is 19.6 Å². The molecule has 6 rings (SSSR count). The zero-order valence-corrected chi connectivity index (χ0v) is 24.7. The number of rotatable bonds is 9. The number of hydrogen-bond acceptors (Lipinski definition) is 6. The molecule has 7 atom stereocenters. The Labute approximate surface area is 250 Å². The summed E-state index contributed by atoms with van der Waals surface area (Å²) in [5.74, 6) is -2.25. The summed E-state index contributed by atoms with van der Waals surface area (Å²) in [6, 6.07) is 21.5. The zero-order chi connectivity index (χ0) is 29.6. The van der Waals surface area contributed by atoms with E-state index in [-0.39, 0.29) is 48.7 Å². The molecule has 8 heteroatoms. The Bertz CT molecular complexity index is 1530. The first-order valence-electron chi connectivity index (χ1n) is 14.6. The summed E-state index contributed by atoms with van der Waals surface area (Å²) in [6.07, 6.45) is 2.40. The van der Waals surface area contributed by atoms with Crippen molar-refractivity contribution in [3.63, 3.8) is 0 Å². The van der Waals surface area contributed by atoms with Gasteiger partial charge in [0, 0.05) is 17.5 Å². The van der Waals surface area contributed by atoms with Crippen LogP contribution in [0, 0.1) is 17.8 Å². The molecule has 0 aliphatic carbocycles. The molecule has 2 amide bonds. The summed E-state index contributed by atoms with van der Waals surface area (Å²) < 4.78 is 4.65. The number of fused-ring (bicyclic) bond motifs is 2. The summed E-state index contributed by atoms with van der Waals surface area (Å²) >= 11 is 1.60. The van der Waals surface area contributed by atoms with Gasteiger partial charge in [-0.3, -0.25) is 14.4 Å². The molecule has 3 aromatic rings. The van der Waals surface area contributed by atoms with Crippen LogP contribution in [-0.4, -0.2) is 63.6 Å². The van der Waals surface area contributed by atoms with Crippen molar-refractivity contribution in [3.05, 3.63) is 91.0 Å². The fourth-order valence-electron chi connectivity index (χ4n) is 7.55. The van der Waals surface area contributed by atoms with Crippen molar-refractivity contribution < 1.29 is 24.2 Å². The number of nitrogens with zero attached hydrogens (tertiary/aromatic N) is 2. The second-order valence-electron chi connectivity index (χ2n) is 11.4. The molecular weight excluding hydrogens is 548 g/mol. The van der Waals surface area contributed by atoms with E-state index in [1.807, 2.05) is 72.8 Å². The van der Waals surface area contributed by atoms with Gasteiger partial charge in [-0.25, -0.2) is 0 Å². The van der Waals surface area contributed by atoms with Crippen LogP contribution in [0.1, 0.15) is 31.9 Å². The highest BCUT2D eigenvalue weighted by atomic mass is 32.2. The molecule has 3 saturated heterocycles. The maximum Gasteiger partial charge on any atom is 0.310 e. The van der Waals surface area contributed by atoms with Crippen molar-refractivity contribution in [3.8, 4) is 0 Å². The van der Waals surface area contributed by atoms with E-state index in [0.717, 1.165) is 16.3 Å². The molecule has 3 unspecified atom stereocenters. The van der Waals surface area contributed by atoms with Gasteiger partial charge in [-0.15, -0.1) is 18.3 Å². The second kappa shape index (κ2) is 11.2. The van der Waals surface area contributed by atoms with Gasteiger partial charge in [0.2, 0.25) is 5.91 Å². The Morgan fingerprint density at radius 1 is 1.14 bits per heavy atom. The molecule has 3 aliphatic rings. The van der Waals surface area contributed by atoms with Crippen molar-refractivity contribution in [1.82, 2.24) is 4.90 Å². The van der Waals surface area contributed by atoms with Gasteiger partial charge in [-0.1, -0.05) is 73.7 Å². The number of thioether (sulfide) groups is 1. The van der Waals surface area contributed by atoms with Crippen molar-refractivity contribution >= 4 is 46.0 Å². The first kappa shape index (κ1) is 28.5. The summed E-state index contributed by atoms with van der Waals surface area (Å²) in [4.78, 5) is 46.3. The molecule has 7 nitrogen and oxygen atoms in total. The molecule has 0 saturated carbocycles. The van der Waals surface area contributed by atoms with E-state index in [4.69, 9.17) is 4.74 Å². The van der Waals surface area contributed by atoms with Crippen molar-refractivity contribution in [2.24, 2.45) is 17.8 Å². The molecule has 2 bridgehead atoms. The highest BCUT2D eigenvalue weighted by Gasteiger charge is 2.77. The molecule has 1 N–H and O–H groups in total. The SMILES string of the molecule is C=CCN(C(=O)C1N([C@H](CO)c2ccccc2)C(=O)[C@@H]2[C@H](C(=O)OCC)[C@@H]3CC(C)C12S3)c1ccc2ccccc2c1. The number of carbonyl (C=O) groups excluding carboxylic acids is 3. The van der Waals surface area contributed by atoms with Crippen LogP contribution in [0.3, 0.4) is 0 Å². The second-order valence-corrected chi connectivity index (χ2v) is 13.0. The molecule has 3 fully saturated rings. The molecule has 3 aliphatic heterocycles. The fourth-order valence-corrected chi connectivity index (χ4v) is 9.94. The Hall–Kier alpha value is -3.62. The van der Waals surface area contributed by atoms with Gasteiger partial charge in [0.1, 0.15) is 6.04 Å². The van der Waals surface area contributed by atoms with Crippen LogP contribution in [0.25, 0.3) is 10.8 Å². The van der Waals surface area contributed by atoms with Crippen LogP contribution < -0.4 is 4.90 Å². The van der Waals surface area contributed by atoms with Crippen LogP contribution in [0.2, 0.25) is 0 Å². The van der Waals surface area contributed by atoms with Crippen molar-refractivity contribution in [1.29, 1.82) is 0 Å². The third kappa shape index (κ3) is 4.26. The first-order valence-corrected chi connectivity index (χ1v) is 15.5. The summed E-state index contributed by atoms with van der Waals surface area (Å²) in [7, 11) is 0. The van der Waals surface area contributed by atoms with E-state index in [1.165, 1.54) is 0 Å². The normalized spacial score (nSPS) is 28.5. The summed E-state index contributed by atoms with van der Waals surface area (Å²) in [5, 5.41) is 12.7. The number of amides is 2. The molecule has 42 heavy (non-hydrogen) atoms. The summed E-state index contributed by atoms with van der Waals surface area (Å²) in [6.45, 7) is 7.90. The molecule has 0 radical (unpaired) electrons. The van der Waals surface area contributed by atoms with Crippen molar-refractivity contribution in [2.75, 3.05) is 24.7 Å². The minimum Gasteiger partial charge on any atom is -0.466 e. The number of esters is 1. The molecule has 3 heterocycles. The van der Waals surface area contributed by atoms with Crippen molar-refractivity contribution in [2.45, 2.75) is 42.3 Å². The lowest BCUT2D eigenvalue weighted by atomic mass is 9.66. The highest BCUT2D eigenvalue weighted by Crippen LogP contribution is 2.69. The van der Waals surface area contributed by atoms with Gasteiger partial charge in [-0.2, -0.15) is 0 Å². The van der Waals surface area contributed by atoms with Crippen LogP contribution in [0.5, 0.6) is 0 Å². The predicted molar refractivity (Wildman–Crippen MR) is 165 cm³/mol. The number of anilines is 1. The molecule has 3 aromatic carbocycles. The minimum atomic E-state index is -0.900. The third-order valence-electron chi connectivity index (χ3n) is 9.29. The number of aliphatic hydroxyl groups excluding tert-OH is 1. The van der Waals surface area contributed by atoms with E-state index < -0.39 is 28.7 Å². The molecule has 1 spiro atoms. The Balaban J connectivity index is 1.51. The molecule has 218 valence electrons. The first-order chi connectivity index (χ1) is 20.4. The Morgan fingerprint density at radius 3 is 2.55 bits per heavy atom. The topological polar surface area (TPSA) is 87.2 Å². The van der Waals surface area contributed by atoms with Gasteiger partial charge in [0.05, 0.1) is 35.8 Å². The average molecular weight is 585 g/mol. The standard InChI is InChI=1S/C34H36N2O5S/c1-4-17-35(25-16-15-22-11-9-10-14-24(22)19-25)32(39)30-34-21(3)18-27(42-34)28(33(40)41-5-2)29(34)31(38)36(30)26(20-37)23-12-7-6-8-13-23/h4,6-16,19,21,26-30,37H,1,5,17-18,20H2,2-3H3/t21?,26-,27+,28-,29+,30?,34?/m1/s1. The lowest BCUT2D eigenvalue weighted by Crippen LogP contribution is -2.58. The lowest BCUT2D eigenvalue weighted by molar-refractivity contribution is -0.154. The van der Waals surface area contributed by atoms with Gasteiger partial charge in [0.15, 0.2) is 0 Å². The number of hydrogen-bond donors (Lipinski definition) is 1. The summed E-state index contributed by atoms with van der Waals surface area (Å²) in [5.41, 5.74) is 1.45. The van der Waals surface area contributed by atoms with E-state index in [1.54, 1.807) is 34.6 Å². The van der Waals surface area contributed by atoms with Crippen LogP contribution in [0.15, 0.2) is 85.5 Å². The fraction of sp³-hybridized carbons (Fsp3) is 0.382. The van der Waals surface area contributed by atoms with E-state index in [9.17, 15) is 14.7 Å². The Morgan fingerprint density at radius 2 is 1.86 bits per heavy atom. The van der Waals surface area contributed by atoms with E-state index >= 15 is 4.79 Å². The predicted octanol–water partition coefficient (Wildman–Crippen LogP) is 4.99. The largest absolute Gasteiger partial charge is 0.466 e. The van der Waals surface area contributed by atoms with E-state index in [0.29, 0.717) is 12.1 Å². The van der Waals surface area contributed by atoms with Crippen LogP contribution in [0.4, 0.5) is 5.69 Å². The van der Waals surface area contributed by atoms with Gasteiger partial charge in [0.25, 0.3) is 5.91 Å². The quantitative estimate of drug-likeness (QED) is 0.282. The minimum absolute atomic E-state index is 0.0108.